The smallest absolute Gasteiger partial charge is 0.0164 e. The zero-order valence-corrected chi connectivity index (χ0v) is 6.78. The molecule has 0 fully saturated rings. The highest BCUT2D eigenvalue weighted by molar-refractivity contribution is 5.26. The molecule has 0 spiro atoms. The molecule has 0 saturated carbocycles. The number of rotatable bonds is 2. The van der Waals surface area contributed by atoms with Gasteiger partial charge in [-0.2, -0.15) is 0 Å². The van der Waals surface area contributed by atoms with Gasteiger partial charge in [0.1, 0.15) is 0 Å². The van der Waals surface area contributed by atoms with Crippen LogP contribution in [-0.2, 0) is 0 Å². The molecule has 1 aliphatic rings. The minimum Gasteiger partial charge on any atom is -0.316 e. The molecule has 0 aromatic heterocycles. The summed E-state index contributed by atoms with van der Waals surface area (Å²) in [6, 6.07) is 0. The number of hydrogen-bond donors (Lipinski definition) is 1. The molecule has 1 rings (SSSR count). The summed E-state index contributed by atoms with van der Waals surface area (Å²) >= 11 is 0. The maximum absolute atomic E-state index is 3.16. The fraction of sp³-hybridized carbons (Fsp3) is 0.556. The number of nitrogens with one attached hydrogen (secondary N) is 1. The van der Waals surface area contributed by atoms with Crippen molar-refractivity contribution in [2.45, 2.75) is 19.8 Å². The maximum Gasteiger partial charge on any atom is 0.0164 e. The quantitative estimate of drug-likeness (QED) is 0.612. The van der Waals surface area contributed by atoms with Crippen LogP contribution in [0.1, 0.15) is 19.8 Å². The molecule has 0 saturated heterocycles. The van der Waals surface area contributed by atoms with Crippen LogP contribution in [0.15, 0.2) is 23.3 Å². The van der Waals surface area contributed by atoms with Gasteiger partial charge in [-0.15, -0.1) is 0 Å². The van der Waals surface area contributed by atoms with Crippen molar-refractivity contribution in [3.8, 4) is 0 Å². The highest BCUT2D eigenvalue weighted by Gasteiger charge is 1.99. The first-order valence-electron chi connectivity index (χ1n) is 3.83. The first-order valence-corrected chi connectivity index (χ1v) is 3.83. The van der Waals surface area contributed by atoms with Crippen molar-refractivity contribution in [3.63, 3.8) is 0 Å². The molecule has 56 valence electrons. The molecule has 1 heteroatoms. The van der Waals surface area contributed by atoms with E-state index < -0.39 is 0 Å². The number of hydrogen-bond acceptors (Lipinski definition) is 1. The third kappa shape index (κ3) is 1.99. The lowest BCUT2D eigenvalue weighted by Gasteiger charge is -2.10. The average molecular weight is 137 g/mol. The standard InChI is InChI=1S/C9H15N/c1-8-4-3-5-9(6-8)7-10-2/h4,6,10H,3,5,7H2,1-2H3. The minimum absolute atomic E-state index is 1.05. The lowest BCUT2D eigenvalue weighted by atomic mass is 10.0. The van der Waals surface area contributed by atoms with E-state index in [0.29, 0.717) is 0 Å². The molecule has 1 N–H and O–H groups in total. The summed E-state index contributed by atoms with van der Waals surface area (Å²) in [6.07, 6.45) is 7.02. The van der Waals surface area contributed by atoms with E-state index in [1.165, 1.54) is 24.0 Å². The Morgan fingerprint density at radius 2 is 2.40 bits per heavy atom. The van der Waals surface area contributed by atoms with E-state index in [4.69, 9.17) is 0 Å². The van der Waals surface area contributed by atoms with Crippen LogP contribution in [-0.4, -0.2) is 13.6 Å². The van der Waals surface area contributed by atoms with Crippen molar-refractivity contribution in [3.05, 3.63) is 23.3 Å². The summed E-state index contributed by atoms with van der Waals surface area (Å²) in [4.78, 5) is 0. The molecule has 0 radical (unpaired) electrons. The summed E-state index contributed by atoms with van der Waals surface area (Å²) in [7, 11) is 1.99. The molecule has 0 amide bonds. The lowest BCUT2D eigenvalue weighted by molar-refractivity contribution is 0.810. The summed E-state index contributed by atoms with van der Waals surface area (Å²) in [5.41, 5.74) is 2.94. The zero-order chi connectivity index (χ0) is 7.40. The van der Waals surface area contributed by atoms with E-state index in [1.54, 1.807) is 0 Å². The van der Waals surface area contributed by atoms with Crippen LogP contribution in [0, 0.1) is 0 Å². The molecule has 0 aromatic rings. The molecule has 0 atom stereocenters. The van der Waals surface area contributed by atoms with Crippen LogP contribution >= 0.6 is 0 Å². The molecule has 1 aliphatic carbocycles. The number of likely N-dealkylation sites (N-methyl/N-ethyl adjacent to an activating group) is 1. The largest absolute Gasteiger partial charge is 0.316 e. The Balaban J connectivity index is 2.51. The molecular weight excluding hydrogens is 122 g/mol. The van der Waals surface area contributed by atoms with Crippen LogP contribution in [0.3, 0.4) is 0 Å². The van der Waals surface area contributed by atoms with Crippen molar-refractivity contribution in [1.29, 1.82) is 0 Å². The van der Waals surface area contributed by atoms with Gasteiger partial charge in [-0.05, 0) is 26.8 Å². The number of allylic oxidation sites excluding steroid dienone is 3. The van der Waals surface area contributed by atoms with Gasteiger partial charge < -0.3 is 5.32 Å². The Hall–Kier alpha value is -0.560. The second kappa shape index (κ2) is 3.57. The molecular formula is C9H15N. The van der Waals surface area contributed by atoms with Crippen LogP contribution in [0.5, 0.6) is 0 Å². The topological polar surface area (TPSA) is 12.0 Å². The van der Waals surface area contributed by atoms with Crippen LogP contribution in [0.2, 0.25) is 0 Å². The second-order valence-corrected chi connectivity index (χ2v) is 2.82. The van der Waals surface area contributed by atoms with Gasteiger partial charge in [-0.1, -0.05) is 23.3 Å². The van der Waals surface area contributed by atoms with Gasteiger partial charge in [0, 0.05) is 6.54 Å². The van der Waals surface area contributed by atoms with Gasteiger partial charge in [0.2, 0.25) is 0 Å². The average Bonchev–Trinajstić information content (AvgIpc) is 1.88. The van der Waals surface area contributed by atoms with E-state index in [9.17, 15) is 0 Å². The summed E-state index contributed by atoms with van der Waals surface area (Å²) in [6.45, 7) is 3.21. The van der Waals surface area contributed by atoms with E-state index in [1.807, 2.05) is 7.05 Å². The molecule has 10 heavy (non-hydrogen) atoms. The molecule has 0 aromatic carbocycles. The van der Waals surface area contributed by atoms with Crippen LogP contribution in [0.4, 0.5) is 0 Å². The van der Waals surface area contributed by atoms with Gasteiger partial charge in [0.15, 0.2) is 0 Å². The van der Waals surface area contributed by atoms with Crippen molar-refractivity contribution in [2.75, 3.05) is 13.6 Å². The molecule has 0 unspecified atom stereocenters. The Morgan fingerprint density at radius 3 is 3.00 bits per heavy atom. The zero-order valence-electron chi connectivity index (χ0n) is 6.78. The Kier molecular flexibility index (Phi) is 2.69. The monoisotopic (exact) mass is 137 g/mol. The van der Waals surface area contributed by atoms with E-state index in [0.717, 1.165) is 6.54 Å². The van der Waals surface area contributed by atoms with Crippen molar-refractivity contribution >= 4 is 0 Å². The van der Waals surface area contributed by atoms with E-state index in [-0.39, 0.29) is 0 Å². The molecule has 1 nitrogen and oxygen atoms in total. The third-order valence-corrected chi connectivity index (χ3v) is 1.77. The second-order valence-electron chi connectivity index (χ2n) is 2.82. The van der Waals surface area contributed by atoms with Gasteiger partial charge in [0.05, 0.1) is 0 Å². The van der Waals surface area contributed by atoms with Crippen molar-refractivity contribution < 1.29 is 0 Å². The fourth-order valence-corrected chi connectivity index (χ4v) is 1.30. The summed E-state index contributed by atoms with van der Waals surface area (Å²) in [5.74, 6) is 0. The first-order chi connectivity index (χ1) is 4.83. The SMILES string of the molecule is CNCC1=CC(C)=CCC1. The fourth-order valence-electron chi connectivity index (χ4n) is 1.30. The molecule has 0 bridgehead atoms. The predicted octanol–water partition coefficient (Wildman–Crippen LogP) is 1.87. The van der Waals surface area contributed by atoms with Crippen molar-refractivity contribution in [1.82, 2.24) is 5.32 Å². The van der Waals surface area contributed by atoms with Crippen LogP contribution < -0.4 is 5.32 Å². The maximum atomic E-state index is 3.16. The highest BCUT2D eigenvalue weighted by atomic mass is 14.8. The molecule has 0 heterocycles. The van der Waals surface area contributed by atoms with Gasteiger partial charge in [0.25, 0.3) is 0 Å². The van der Waals surface area contributed by atoms with E-state index in [2.05, 4.69) is 24.4 Å². The minimum atomic E-state index is 1.05. The molecule has 0 aliphatic heterocycles. The Labute approximate surface area is 62.8 Å². The van der Waals surface area contributed by atoms with Gasteiger partial charge in [-0.3, -0.25) is 0 Å². The summed E-state index contributed by atoms with van der Waals surface area (Å²) < 4.78 is 0. The van der Waals surface area contributed by atoms with Gasteiger partial charge >= 0.3 is 0 Å². The first kappa shape index (κ1) is 7.55. The third-order valence-electron chi connectivity index (χ3n) is 1.77. The van der Waals surface area contributed by atoms with E-state index >= 15 is 0 Å². The van der Waals surface area contributed by atoms with Crippen molar-refractivity contribution in [2.24, 2.45) is 0 Å². The highest BCUT2D eigenvalue weighted by Crippen LogP contribution is 2.15. The lowest BCUT2D eigenvalue weighted by Crippen LogP contribution is -2.11. The summed E-state index contributed by atoms with van der Waals surface area (Å²) in [5, 5.41) is 3.16. The normalized spacial score (nSPS) is 18.2. The van der Waals surface area contributed by atoms with Gasteiger partial charge in [-0.25, -0.2) is 0 Å². The Morgan fingerprint density at radius 1 is 1.60 bits per heavy atom. The predicted molar refractivity (Wildman–Crippen MR) is 45.0 cm³/mol. The Bertz CT molecular complexity index is 166. The van der Waals surface area contributed by atoms with Crippen LogP contribution in [0.25, 0.3) is 0 Å².